The van der Waals surface area contributed by atoms with E-state index in [4.69, 9.17) is 4.98 Å². The third-order valence-corrected chi connectivity index (χ3v) is 4.82. The molecule has 3 heteroatoms. The monoisotopic (exact) mass is 270 g/mol. The highest BCUT2D eigenvalue weighted by Crippen LogP contribution is 2.39. The predicted octanol–water partition coefficient (Wildman–Crippen LogP) is 4.34. The van der Waals surface area contributed by atoms with Gasteiger partial charge >= 0.3 is 0 Å². The first-order chi connectivity index (χ1) is 9.00. The van der Waals surface area contributed by atoms with E-state index in [1.807, 2.05) is 0 Å². The van der Waals surface area contributed by atoms with Gasteiger partial charge in [-0.3, -0.25) is 0 Å². The second-order valence-corrected chi connectivity index (χ2v) is 7.32. The van der Waals surface area contributed by atoms with Gasteiger partial charge in [0.2, 0.25) is 0 Å². The van der Waals surface area contributed by atoms with Gasteiger partial charge in [-0.05, 0) is 48.3 Å². The van der Waals surface area contributed by atoms with Gasteiger partial charge in [0.05, 0.1) is 0 Å². The van der Waals surface area contributed by atoms with Gasteiger partial charge in [0.1, 0.15) is 15.8 Å². The third kappa shape index (κ3) is 2.04. The molecule has 0 saturated heterocycles. The van der Waals surface area contributed by atoms with Crippen LogP contribution in [0.2, 0.25) is 0 Å². The first kappa shape index (κ1) is 12.6. The molecule has 0 N–H and O–H groups in total. The summed E-state index contributed by atoms with van der Waals surface area (Å²) in [5.74, 6) is 0. The first-order valence-electron chi connectivity index (χ1n) is 6.86. The van der Waals surface area contributed by atoms with Gasteiger partial charge in [-0.2, -0.15) is 5.26 Å². The molecule has 1 aliphatic rings. The lowest BCUT2D eigenvalue weighted by Gasteiger charge is -2.20. The molecule has 1 aliphatic carbocycles. The number of hydrogen-bond acceptors (Lipinski definition) is 3. The average Bonchev–Trinajstić information content (AvgIpc) is 2.73. The number of hydrogen-bond donors (Lipinski definition) is 0. The maximum absolute atomic E-state index is 9.38. The van der Waals surface area contributed by atoms with Crippen LogP contribution in [0.25, 0.3) is 10.2 Å². The quantitative estimate of drug-likeness (QED) is 0.714. The summed E-state index contributed by atoms with van der Waals surface area (Å²) in [5.41, 5.74) is 3.82. The van der Waals surface area contributed by atoms with Crippen LogP contribution >= 0.6 is 11.3 Å². The smallest absolute Gasteiger partial charge is 0.125 e. The number of nitrogens with zero attached hydrogens (tertiary/aromatic N) is 2. The zero-order valence-corrected chi connectivity index (χ0v) is 12.5. The van der Waals surface area contributed by atoms with E-state index in [0.717, 1.165) is 22.5 Å². The van der Waals surface area contributed by atoms with E-state index < -0.39 is 0 Å². The van der Waals surface area contributed by atoms with Crippen molar-refractivity contribution < 1.29 is 0 Å². The van der Waals surface area contributed by atoms with Crippen molar-refractivity contribution in [3.05, 3.63) is 27.8 Å². The van der Waals surface area contributed by atoms with Crippen LogP contribution in [0.1, 0.15) is 55.3 Å². The molecule has 0 aliphatic heterocycles. The van der Waals surface area contributed by atoms with Crippen LogP contribution in [-0.2, 0) is 18.3 Å². The molecule has 98 valence electrons. The Morgan fingerprint density at radius 3 is 2.68 bits per heavy atom. The number of nitriles is 1. The van der Waals surface area contributed by atoms with Crippen LogP contribution in [0.5, 0.6) is 0 Å². The number of aromatic nitrogens is 1. The van der Waals surface area contributed by atoms with E-state index in [-0.39, 0.29) is 5.41 Å². The summed E-state index contributed by atoms with van der Waals surface area (Å²) in [4.78, 5) is 6.70. The average molecular weight is 270 g/mol. The fourth-order valence-electron chi connectivity index (χ4n) is 2.96. The normalized spacial score (nSPS) is 15.3. The second kappa shape index (κ2) is 4.31. The minimum absolute atomic E-state index is 0.00605. The number of aryl methyl sites for hydroxylation is 2. The van der Waals surface area contributed by atoms with Crippen molar-refractivity contribution in [1.29, 1.82) is 5.26 Å². The molecule has 0 saturated carbocycles. The largest absolute Gasteiger partial charge is 0.242 e. The summed E-state index contributed by atoms with van der Waals surface area (Å²) in [5, 5.41) is 10.6. The number of rotatable bonds is 0. The highest BCUT2D eigenvalue weighted by atomic mass is 32.1. The Balaban J connectivity index is 2.33. The predicted molar refractivity (Wildman–Crippen MR) is 79.7 cm³/mol. The highest BCUT2D eigenvalue weighted by Gasteiger charge is 2.25. The number of fused-ring (bicyclic) bond motifs is 2. The molecule has 0 spiro atoms. The minimum Gasteiger partial charge on any atom is -0.242 e. The summed E-state index contributed by atoms with van der Waals surface area (Å²) in [6.45, 7) is 6.53. The molecular formula is C16H18N2S. The van der Waals surface area contributed by atoms with Crippen LogP contribution in [0, 0.1) is 11.3 Å². The second-order valence-electron chi connectivity index (χ2n) is 6.32. The van der Waals surface area contributed by atoms with Crippen molar-refractivity contribution in [2.75, 3.05) is 0 Å². The first-order valence-corrected chi connectivity index (χ1v) is 7.68. The van der Waals surface area contributed by atoms with Crippen molar-refractivity contribution in [1.82, 2.24) is 4.98 Å². The van der Waals surface area contributed by atoms with Crippen LogP contribution in [0.15, 0.2) is 6.07 Å². The zero-order valence-electron chi connectivity index (χ0n) is 11.7. The summed E-state index contributed by atoms with van der Waals surface area (Å²) >= 11 is 1.55. The van der Waals surface area contributed by atoms with Crippen LogP contribution in [-0.4, -0.2) is 4.98 Å². The lowest BCUT2D eigenvalue weighted by atomic mass is 9.84. The van der Waals surface area contributed by atoms with Gasteiger partial charge in [-0.1, -0.05) is 20.8 Å². The van der Waals surface area contributed by atoms with Crippen LogP contribution in [0.3, 0.4) is 0 Å². The number of pyridine rings is 1. The maximum atomic E-state index is 9.38. The zero-order chi connectivity index (χ0) is 13.6. The molecule has 0 amide bonds. The Hall–Kier alpha value is -1.40. The lowest BCUT2D eigenvalue weighted by molar-refractivity contribution is 0.596. The third-order valence-electron chi connectivity index (χ3n) is 3.81. The van der Waals surface area contributed by atoms with Gasteiger partial charge in [-0.25, -0.2) is 4.98 Å². The Morgan fingerprint density at radius 2 is 2.00 bits per heavy atom. The lowest BCUT2D eigenvalue weighted by Crippen LogP contribution is -2.12. The molecule has 0 atom stereocenters. The fourth-order valence-corrected chi connectivity index (χ4v) is 4.15. The fraction of sp³-hybridized carbons (Fsp3) is 0.500. The Morgan fingerprint density at radius 1 is 1.26 bits per heavy atom. The van der Waals surface area contributed by atoms with E-state index in [1.165, 1.54) is 35.0 Å². The standard InChI is InChI=1S/C16H18N2S/c1-16(2,3)14-11-8-10-6-4-5-7-12(10)18-15(11)19-13(14)9-17/h8H,4-7H2,1-3H3. The summed E-state index contributed by atoms with van der Waals surface area (Å²) in [7, 11) is 0. The summed E-state index contributed by atoms with van der Waals surface area (Å²) in [6.07, 6.45) is 4.74. The number of thiophene rings is 1. The van der Waals surface area contributed by atoms with E-state index in [2.05, 4.69) is 32.9 Å². The van der Waals surface area contributed by atoms with Crippen molar-refractivity contribution in [2.24, 2.45) is 0 Å². The van der Waals surface area contributed by atoms with Gasteiger partial charge in [-0.15, -0.1) is 11.3 Å². The van der Waals surface area contributed by atoms with E-state index >= 15 is 0 Å². The van der Waals surface area contributed by atoms with Crippen molar-refractivity contribution >= 4 is 21.6 Å². The Bertz CT molecular complexity index is 683. The molecule has 3 rings (SSSR count). The molecule has 2 aromatic rings. The van der Waals surface area contributed by atoms with Crippen molar-refractivity contribution in [3.8, 4) is 6.07 Å². The Kier molecular flexibility index (Phi) is 2.87. The van der Waals surface area contributed by atoms with Gasteiger partial charge in [0.25, 0.3) is 0 Å². The molecule has 0 fully saturated rings. The summed E-state index contributed by atoms with van der Waals surface area (Å²) < 4.78 is 0. The van der Waals surface area contributed by atoms with E-state index in [0.29, 0.717) is 0 Å². The maximum Gasteiger partial charge on any atom is 0.125 e. The van der Waals surface area contributed by atoms with Gasteiger partial charge in [0.15, 0.2) is 0 Å². The van der Waals surface area contributed by atoms with Crippen LogP contribution in [0.4, 0.5) is 0 Å². The topological polar surface area (TPSA) is 36.7 Å². The summed E-state index contributed by atoms with van der Waals surface area (Å²) in [6, 6.07) is 4.66. The van der Waals surface area contributed by atoms with Gasteiger partial charge < -0.3 is 0 Å². The molecule has 2 nitrogen and oxygen atoms in total. The molecule has 0 aromatic carbocycles. The molecule has 0 bridgehead atoms. The van der Waals surface area contributed by atoms with E-state index in [1.54, 1.807) is 11.3 Å². The van der Waals surface area contributed by atoms with Gasteiger partial charge in [0, 0.05) is 11.1 Å². The Labute approximate surface area is 118 Å². The molecule has 2 aromatic heterocycles. The van der Waals surface area contributed by atoms with Crippen molar-refractivity contribution in [2.45, 2.75) is 51.9 Å². The molecule has 0 radical (unpaired) electrons. The molecule has 19 heavy (non-hydrogen) atoms. The molecule has 2 heterocycles. The van der Waals surface area contributed by atoms with E-state index in [9.17, 15) is 5.26 Å². The van der Waals surface area contributed by atoms with Crippen molar-refractivity contribution in [3.63, 3.8) is 0 Å². The highest BCUT2D eigenvalue weighted by molar-refractivity contribution is 7.19. The van der Waals surface area contributed by atoms with Crippen LogP contribution < -0.4 is 0 Å². The molecular weight excluding hydrogens is 252 g/mol. The molecule has 0 unspecified atom stereocenters. The minimum atomic E-state index is -0.00605. The SMILES string of the molecule is CC(C)(C)c1c(C#N)sc2nc3c(cc12)CCCC3.